The first-order valence-corrected chi connectivity index (χ1v) is 9.48. The van der Waals surface area contributed by atoms with E-state index in [1.807, 2.05) is 0 Å². The maximum Gasteiger partial charge on any atom is -0.00577 e. The first-order chi connectivity index (χ1) is 13.2. The van der Waals surface area contributed by atoms with E-state index in [9.17, 15) is 0 Å². The largest absolute Gasteiger partial charge is 0.0622 e. The fourth-order valence-electron chi connectivity index (χ4n) is 3.81. The van der Waals surface area contributed by atoms with Gasteiger partial charge in [0, 0.05) is 0 Å². The van der Waals surface area contributed by atoms with Gasteiger partial charge in [-0.2, -0.15) is 0 Å². The SMILES string of the molecule is CC(=C1C(=C(C)c2ccccc2)C1=C(C)c1ccccc1)c1ccccc1. The minimum absolute atomic E-state index is 1.29. The molecule has 1 aliphatic rings. The highest BCUT2D eigenvalue weighted by atomic mass is 14.4. The van der Waals surface area contributed by atoms with Crippen LogP contribution in [0, 0.1) is 0 Å². The second-order valence-corrected chi connectivity index (χ2v) is 7.10. The summed E-state index contributed by atoms with van der Waals surface area (Å²) in [5.74, 6) is 0. The van der Waals surface area contributed by atoms with Crippen LogP contribution in [0.3, 0.4) is 0 Å². The molecule has 1 saturated carbocycles. The highest BCUT2D eigenvalue weighted by molar-refractivity contribution is 6.05. The van der Waals surface area contributed by atoms with Gasteiger partial charge in [0.15, 0.2) is 0 Å². The monoisotopic (exact) mass is 348 g/mol. The van der Waals surface area contributed by atoms with Crippen LogP contribution in [0.5, 0.6) is 0 Å². The van der Waals surface area contributed by atoms with Gasteiger partial charge in [-0.15, -0.1) is 0 Å². The van der Waals surface area contributed by atoms with Gasteiger partial charge in [-0.3, -0.25) is 0 Å². The van der Waals surface area contributed by atoms with Crippen LogP contribution in [0.25, 0.3) is 16.7 Å². The molecule has 0 unspecified atom stereocenters. The average molecular weight is 348 g/mol. The third kappa shape index (κ3) is 3.31. The Bertz CT molecular complexity index is 893. The van der Waals surface area contributed by atoms with E-state index in [-0.39, 0.29) is 0 Å². The van der Waals surface area contributed by atoms with Crippen molar-refractivity contribution in [3.05, 3.63) is 124 Å². The van der Waals surface area contributed by atoms with E-state index in [2.05, 4.69) is 112 Å². The zero-order chi connectivity index (χ0) is 18.8. The van der Waals surface area contributed by atoms with Crippen molar-refractivity contribution in [2.45, 2.75) is 20.8 Å². The van der Waals surface area contributed by atoms with Gasteiger partial charge >= 0.3 is 0 Å². The van der Waals surface area contributed by atoms with E-state index in [4.69, 9.17) is 0 Å². The number of allylic oxidation sites excluding steroid dienone is 6. The van der Waals surface area contributed by atoms with Gasteiger partial charge in [0.25, 0.3) is 0 Å². The molecule has 0 atom stereocenters. The summed E-state index contributed by atoms with van der Waals surface area (Å²) in [5, 5.41) is 0. The average Bonchev–Trinajstić information content (AvgIpc) is 3.49. The fraction of sp³-hybridized carbons (Fsp3) is 0.111. The van der Waals surface area contributed by atoms with E-state index < -0.39 is 0 Å². The number of benzene rings is 3. The Balaban J connectivity index is 1.93. The Morgan fingerprint density at radius 3 is 0.815 bits per heavy atom. The predicted octanol–water partition coefficient (Wildman–Crippen LogP) is 7.42. The summed E-state index contributed by atoms with van der Waals surface area (Å²) in [4.78, 5) is 0. The van der Waals surface area contributed by atoms with Crippen LogP contribution in [-0.4, -0.2) is 0 Å². The summed E-state index contributed by atoms with van der Waals surface area (Å²) in [7, 11) is 0. The highest BCUT2D eigenvalue weighted by Crippen LogP contribution is 2.55. The van der Waals surface area contributed by atoms with Crippen LogP contribution >= 0.6 is 0 Å². The van der Waals surface area contributed by atoms with Crippen LogP contribution in [0.4, 0.5) is 0 Å². The minimum Gasteiger partial charge on any atom is -0.0622 e. The molecule has 0 heterocycles. The summed E-state index contributed by atoms with van der Waals surface area (Å²) >= 11 is 0. The van der Waals surface area contributed by atoms with Crippen molar-refractivity contribution in [2.24, 2.45) is 0 Å². The van der Waals surface area contributed by atoms with E-state index >= 15 is 0 Å². The third-order valence-corrected chi connectivity index (χ3v) is 5.43. The lowest BCUT2D eigenvalue weighted by Gasteiger charge is -2.00. The standard InChI is InChI=1S/C27H24/c1-19(22-13-7-4-8-14-22)25-26(20(2)23-15-9-5-10-16-23)27(25)21(3)24-17-11-6-12-18-24/h4-18H,1-3H3. The maximum absolute atomic E-state index is 2.24. The molecule has 1 fully saturated rings. The molecule has 0 nitrogen and oxygen atoms in total. The second kappa shape index (κ2) is 7.25. The van der Waals surface area contributed by atoms with Gasteiger partial charge in [-0.1, -0.05) is 91.0 Å². The van der Waals surface area contributed by atoms with E-state index in [1.54, 1.807) is 0 Å². The molecule has 27 heavy (non-hydrogen) atoms. The van der Waals surface area contributed by atoms with Crippen molar-refractivity contribution in [1.29, 1.82) is 0 Å². The molecule has 4 rings (SSSR count). The molecule has 0 bridgehead atoms. The Morgan fingerprint density at radius 2 is 0.593 bits per heavy atom. The molecule has 0 heteroatoms. The molecular formula is C27H24. The lowest BCUT2D eigenvalue weighted by atomic mass is 10.0. The van der Waals surface area contributed by atoms with Gasteiger partial charge < -0.3 is 0 Å². The lowest BCUT2D eigenvalue weighted by molar-refractivity contribution is 1.55. The van der Waals surface area contributed by atoms with Crippen LogP contribution in [0.1, 0.15) is 37.5 Å². The Kier molecular flexibility index (Phi) is 4.64. The van der Waals surface area contributed by atoms with E-state index in [0.717, 1.165) is 0 Å². The van der Waals surface area contributed by atoms with Gasteiger partial charge in [-0.05, 0) is 70.9 Å². The topological polar surface area (TPSA) is 0 Å². The first kappa shape index (κ1) is 17.3. The number of rotatable bonds is 3. The minimum atomic E-state index is 1.29. The van der Waals surface area contributed by atoms with Crippen molar-refractivity contribution in [1.82, 2.24) is 0 Å². The molecule has 3 aromatic carbocycles. The first-order valence-electron chi connectivity index (χ1n) is 9.48. The van der Waals surface area contributed by atoms with Crippen molar-refractivity contribution in [3.8, 4) is 0 Å². The van der Waals surface area contributed by atoms with Gasteiger partial charge in [-0.25, -0.2) is 0 Å². The summed E-state index contributed by atoms with van der Waals surface area (Å²) in [6, 6.07) is 32.1. The Morgan fingerprint density at radius 1 is 0.370 bits per heavy atom. The second-order valence-electron chi connectivity index (χ2n) is 7.10. The van der Waals surface area contributed by atoms with Crippen molar-refractivity contribution >= 4 is 16.7 Å². The maximum atomic E-state index is 2.24. The molecule has 0 amide bonds. The van der Waals surface area contributed by atoms with Crippen LogP contribution in [0.2, 0.25) is 0 Å². The molecule has 0 N–H and O–H groups in total. The summed E-state index contributed by atoms with van der Waals surface area (Å²) in [5.41, 5.74) is 12.2. The zero-order valence-electron chi connectivity index (χ0n) is 16.2. The Hall–Kier alpha value is -3.12. The summed E-state index contributed by atoms with van der Waals surface area (Å²) in [6.45, 7) is 6.73. The lowest BCUT2D eigenvalue weighted by Crippen LogP contribution is -1.79. The van der Waals surface area contributed by atoms with Gasteiger partial charge in [0.05, 0.1) is 0 Å². The summed E-state index contributed by atoms with van der Waals surface area (Å²) < 4.78 is 0. The molecular weight excluding hydrogens is 324 g/mol. The fourth-order valence-corrected chi connectivity index (χ4v) is 3.81. The molecule has 0 saturated heterocycles. The van der Waals surface area contributed by atoms with E-state index in [1.165, 1.54) is 50.1 Å². The third-order valence-electron chi connectivity index (χ3n) is 5.43. The molecule has 132 valence electrons. The summed E-state index contributed by atoms with van der Waals surface area (Å²) in [6.07, 6.45) is 0. The quantitative estimate of drug-likeness (QED) is 0.462. The highest BCUT2D eigenvalue weighted by Gasteiger charge is 2.36. The number of hydrogen-bond acceptors (Lipinski definition) is 0. The zero-order valence-corrected chi connectivity index (χ0v) is 16.2. The number of hydrogen-bond donors (Lipinski definition) is 0. The van der Waals surface area contributed by atoms with Crippen molar-refractivity contribution in [3.63, 3.8) is 0 Å². The van der Waals surface area contributed by atoms with Crippen molar-refractivity contribution < 1.29 is 0 Å². The van der Waals surface area contributed by atoms with E-state index in [0.29, 0.717) is 0 Å². The predicted molar refractivity (Wildman–Crippen MR) is 117 cm³/mol. The molecule has 0 spiro atoms. The normalized spacial score (nSPS) is 12.8. The molecule has 1 aliphatic carbocycles. The van der Waals surface area contributed by atoms with Crippen LogP contribution in [-0.2, 0) is 0 Å². The molecule has 0 aromatic heterocycles. The van der Waals surface area contributed by atoms with Gasteiger partial charge in [0.1, 0.15) is 0 Å². The van der Waals surface area contributed by atoms with Crippen LogP contribution in [0.15, 0.2) is 108 Å². The van der Waals surface area contributed by atoms with Gasteiger partial charge in [0.2, 0.25) is 0 Å². The molecule has 0 aliphatic heterocycles. The molecule has 0 radical (unpaired) electrons. The van der Waals surface area contributed by atoms with Crippen LogP contribution < -0.4 is 0 Å². The molecule has 3 aromatic rings. The van der Waals surface area contributed by atoms with Crippen molar-refractivity contribution in [2.75, 3.05) is 0 Å². The smallest absolute Gasteiger partial charge is 0.00577 e. The Labute approximate surface area is 162 Å².